The van der Waals surface area contributed by atoms with Crippen LogP contribution in [0.5, 0.6) is 5.88 Å². The first kappa shape index (κ1) is 17.1. The van der Waals surface area contributed by atoms with Crippen molar-refractivity contribution in [2.45, 2.75) is 25.8 Å². The van der Waals surface area contributed by atoms with Crippen LogP contribution in [0.4, 0.5) is 26.3 Å². The third-order valence-corrected chi connectivity index (χ3v) is 2.77. The number of pyridine rings is 1. The summed E-state index contributed by atoms with van der Waals surface area (Å²) in [6, 6.07) is 2.62. The molecule has 4 nitrogen and oxygen atoms in total. The molecule has 0 unspecified atom stereocenters. The molecule has 0 radical (unpaired) electrons. The second-order valence-electron chi connectivity index (χ2n) is 4.51. The zero-order chi connectivity index (χ0) is 17.3. The quantitative estimate of drug-likeness (QED) is 0.797. The first-order chi connectivity index (χ1) is 10.6. The largest absolute Gasteiger partial charge is 0.478 e. The van der Waals surface area contributed by atoms with Gasteiger partial charge in [-0.3, -0.25) is 4.98 Å². The number of hydrogen-bond donors (Lipinski definition) is 0. The molecular formula is C13H11F6N3O. The number of hydrogen-bond acceptors (Lipinski definition) is 3. The molecule has 0 bridgehead atoms. The molecule has 0 spiro atoms. The molecule has 0 saturated carbocycles. The Morgan fingerprint density at radius 3 is 2.17 bits per heavy atom. The lowest BCUT2D eigenvalue weighted by molar-refractivity contribution is -0.142. The van der Waals surface area contributed by atoms with E-state index in [-0.39, 0.29) is 24.6 Å². The Labute approximate surface area is 126 Å². The molecule has 2 heterocycles. The van der Waals surface area contributed by atoms with Gasteiger partial charge >= 0.3 is 12.4 Å². The van der Waals surface area contributed by atoms with Crippen molar-refractivity contribution in [3.8, 4) is 5.88 Å². The first-order valence-corrected chi connectivity index (χ1v) is 6.41. The van der Waals surface area contributed by atoms with E-state index in [0.717, 1.165) is 29.1 Å². The van der Waals surface area contributed by atoms with E-state index in [4.69, 9.17) is 4.74 Å². The fourth-order valence-electron chi connectivity index (χ4n) is 1.77. The standard InChI is InChI=1S/C13H11F6N3O/c1-2-23-11-5-10(13(17,18)19)21-22(11)7-8-3-4-9(20-6-8)12(14,15)16/h3-6H,2,7H2,1H3. The molecule has 0 aromatic carbocycles. The van der Waals surface area contributed by atoms with Crippen LogP contribution < -0.4 is 4.74 Å². The maximum absolute atomic E-state index is 12.7. The molecular weight excluding hydrogens is 328 g/mol. The highest BCUT2D eigenvalue weighted by Gasteiger charge is 2.35. The highest BCUT2D eigenvalue weighted by Crippen LogP contribution is 2.31. The highest BCUT2D eigenvalue weighted by atomic mass is 19.4. The van der Waals surface area contributed by atoms with E-state index >= 15 is 0 Å². The summed E-state index contributed by atoms with van der Waals surface area (Å²) in [5.74, 6) is -0.125. The van der Waals surface area contributed by atoms with Gasteiger partial charge in [0.05, 0.1) is 13.2 Å². The van der Waals surface area contributed by atoms with Crippen molar-refractivity contribution < 1.29 is 31.1 Å². The van der Waals surface area contributed by atoms with Gasteiger partial charge in [0.25, 0.3) is 0 Å². The van der Waals surface area contributed by atoms with Gasteiger partial charge in [-0.25, -0.2) is 4.68 Å². The molecule has 0 aliphatic carbocycles. The molecule has 0 saturated heterocycles. The zero-order valence-corrected chi connectivity index (χ0v) is 11.7. The lowest BCUT2D eigenvalue weighted by Gasteiger charge is -2.09. The van der Waals surface area contributed by atoms with Crippen molar-refractivity contribution in [2.75, 3.05) is 6.61 Å². The van der Waals surface area contributed by atoms with Crippen LogP contribution in [0.3, 0.4) is 0 Å². The molecule has 0 aliphatic rings. The predicted molar refractivity (Wildman–Crippen MR) is 66.7 cm³/mol. The summed E-state index contributed by atoms with van der Waals surface area (Å²) in [5.41, 5.74) is -1.96. The molecule has 0 fully saturated rings. The SMILES string of the molecule is CCOc1cc(C(F)(F)F)nn1Cc1ccc(C(F)(F)F)nc1. The number of alkyl halides is 6. The van der Waals surface area contributed by atoms with Crippen molar-refractivity contribution in [1.29, 1.82) is 0 Å². The summed E-state index contributed by atoms with van der Waals surface area (Å²) in [7, 11) is 0. The molecule has 0 amide bonds. The van der Waals surface area contributed by atoms with Gasteiger partial charge in [0, 0.05) is 12.3 Å². The lowest BCUT2D eigenvalue weighted by Crippen LogP contribution is -2.11. The minimum Gasteiger partial charge on any atom is -0.478 e. The van der Waals surface area contributed by atoms with Crippen molar-refractivity contribution >= 4 is 0 Å². The fourth-order valence-corrected chi connectivity index (χ4v) is 1.77. The lowest BCUT2D eigenvalue weighted by atomic mass is 10.2. The van der Waals surface area contributed by atoms with Crippen LogP contribution in [0.25, 0.3) is 0 Å². The van der Waals surface area contributed by atoms with Gasteiger partial charge in [0.1, 0.15) is 5.69 Å². The molecule has 126 valence electrons. The summed E-state index contributed by atoms with van der Waals surface area (Å²) in [5, 5.41) is 3.38. The summed E-state index contributed by atoms with van der Waals surface area (Å²) in [6.07, 6.45) is -8.28. The van der Waals surface area contributed by atoms with Crippen molar-refractivity contribution in [3.63, 3.8) is 0 Å². The Morgan fingerprint density at radius 2 is 1.70 bits per heavy atom. The van der Waals surface area contributed by atoms with E-state index in [0.29, 0.717) is 0 Å². The van der Waals surface area contributed by atoms with Crippen LogP contribution in [0, 0.1) is 0 Å². The molecule has 0 aliphatic heterocycles. The van der Waals surface area contributed by atoms with E-state index in [1.165, 1.54) is 0 Å². The summed E-state index contributed by atoms with van der Waals surface area (Å²) in [4.78, 5) is 3.25. The van der Waals surface area contributed by atoms with Gasteiger partial charge in [-0.15, -0.1) is 0 Å². The van der Waals surface area contributed by atoms with Crippen molar-refractivity contribution in [1.82, 2.24) is 14.8 Å². The normalized spacial score (nSPS) is 12.5. The Balaban J connectivity index is 2.26. The fraction of sp³-hybridized carbons (Fsp3) is 0.385. The first-order valence-electron chi connectivity index (χ1n) is 6.41. The monoisotopic (exact) mass is 339 g/mol. The minimum atomic E-state index is -4.64. The van der Waals surface area contributed by atoms with Crippen LogP contribution in [0.1, 0.15) is 23.9 Å². The van der Waals surface area contributed by atoms with Crippen molar-refractivity contribution in [2.24, 2.45) is 0 Å². The van der Waals surface area contributed by atoms with Gasteiger partial charge in [-0.1, -0.05) is 6.07 Å². The molecule has 23 heavy (non-hydrogen) atoms. The highest BCUT2D eigenvalue weighted by molar-refractivity contribution is 5.22. The average Bonchev–Trinajstić information content (AvgIpc) is 2.82. The second-order valence-corrected chi connectivity index (χ2v) is 4.51. The Bertz CT molecular complexity index is 660. The topological polar surface area (TPSA) is 39.9 Å². The number of ether oxygens (including phenoxy) is 1. The van der Waals surface area contributed by atoms with E-state index in [1.807, 2.05) is 0 Å². The van der Waals surface area contributed by atoms with Crippen LogP contribution in [0.2, 0.25) is 0 Å². The molecule has 2 aromatic rings. The van der Waals surface area contributed by atoms with Crippen LogP contribution >= 0.6 is 0 Å². The maximum Gasteiger partial charge on any atom is 0.435 e. The average molecular weight is 339 g/mol. The zero-order valence-electron chi connectivity index (χ0n) is 11.7. The maximum atomic E-state index is 12.7. The van der Waals surface area contributed by atoms with Gasteiger partial charge < -0.3 is 4.74 Å². The third kappa shape index (κ3) is 4.14. The number of rotatable bonds is 4. The van der Waals surface area contributed by atoms with Gasteiger partial charge in [-0.05, 0) is 18.6 Å². The molecule has 2 rings (SSSR count). The van der Waals surface area contributed by atoms with E-state index in [1.54, 1.807) is 6.92 Å². The Hall–Kier alpha value is -2.26. The minimum absolute atomic E-state index is 0.119. The van der Waals surface area contributed by atoms with E-state index in [2.05, 4.69) is 10.1 Å². The Kier molecular flexibility index (Phi) is 4.53. The molecule has 0 N–H and O–H groups in total. The number of aromatic nitrogens is 3. The molecule has 2 aromatic heterocycles. The molecule has 10 heteroatoms. The smallest absolute Gasteiger partial charge is 0.435 e. The van der Waals surface area contributed by atoms with Gasteiger partial charge in [0.15, 0.2) is 5.69 Å². The van der Waals surface area contributed by atoms with Gasteiger partial charge in [0.2, 0.25) is 5.88 Å². The summed E-state index contributed by atoms with van der Waals surface area (Å²) < 4.78 is 81.3. The molecule has 0 atom stereocenters. The Morgan fingerprint density at radius 1 is 1.04 bits per heavy atom. The van der Waals surface area contributed by atoms with Crippen LogP contribution in [0.15, 0.2) is 24.4 Å². The van der Waals surface area contributed by atoms with Crippen LogP contribution in [-0.2, 0) is 18.9 Å². The van der Waals surface area contributed by atoms with Gasteiger partial charge in [-0.2, -0.15) is 31.4 Å². The number of halogens is 6. The number of nitrogens with zero attached hydrogens (tertiary/aromatic N) is 3. The second kappa shape index (κ2) is 6.09. The predicted octanol–water partition coefficient (Wildman–Crippen LogP) is 3.76. The third-order valence-electron chi connectivity index (χ3n) is 2.77. The van der Waals surface area contributed by atoms with Crippen LogP contribution in [-0.4, -0.2) is 21.4 Å². The summed E-state index contributed by atoms with van der Waals surface area (Å²) >= 11 is 0. The summed E-state index contributed by atoms with van der Waals surface area (Å²) in [6.45, 7) is 1.51. The van der Waals surface area contributed by atoms with Crippen molar-refractivity contribution in [3.05, 3.63) is 41.3 Å². The van der Waals surface area contributed by atoms with E-state index in [9.17, 15) is 26.3 Å². The van der Waals surface area contributed by atoms with E-state index < -0.39 is 23.7 Å².